The van der Waals surface area contributed by atoms with Crippen molar-refractivity contribution in [3.05, 3.63) is 31.5 Å². The van der Waals surface area contributed by atoms with Crippen molar-refractivity contribution in [3.63, 3.8) is 0 Å². The molecule has 0 atom stereocenters. The van der Waals surface area contributed by atoms with Crippen LogP contribution in [-0.2, 0) is 9.53 Å². The van der Waals surface area contributed by atoms with E-state index < -0.39 is 5.97 Å². The molecule has 1 aromatic heterocycles. The molecule has 0 spiro atoms. The van der Waals surface area contributed by atoms with Gasteiger partial charge >= 0.3 is 5.97 Å². The van der Waals surface area contributed by atoms with E-state index in [1.165, 1.54) is 17.4 Å². The largest absolute Gasteiger partial charge is 0.496 e. The van der Waals surface area contributed by atoms with E-state index in [0.29, 0.717) is 33.2 Å². The zero-order valence-electron chi connectivity index (χ0n) is 14.4. The molecule has 1 heterocycles. The molecule has 8 heteroatoms. The van der Waals surface area contributed by atoms with Crippen LogP contribution >= 0.6 is 23.6 Å². The molecule has 0 amide bonds. The number of hydrogen-bond acceptors (Lipinski definition) is 7. The highest BCUT2D eigenvalue weighted by Crippen LogP contribution is 2.34. The molecule has 1 aromatic carbocycles. The average molecular weight is 381 g/mol. The third kappa shape index (κ3) is 4.61. The van der Waals surface area contributed by atoms with Crippen molar-refractivity contribution >= 4 is 41.7 Å². The maximum atomic E-state index is 11.7. The molecule has 2 aromatic rings. The summed E-state index contributed by atoms with van der Waals surface area (Å²) in [6.45, 7) is 2.06. The SMILES string of the molecule is CCOC(=O)/C=c1\[nH]c(=S)s\c1=C/c1cc(OC)c(OC)cc1OC. The molecule has 0 unspecified atom stereocenters. The van der Waals surface area contributed by atoms with Crippen molar-refractivity contribution in [2.24, 2.45) is 0 Å². The van der Waals surface area contributed by atoms with Gasteiger partial charge in [-0.2, -0.15) is 0 Å². The molecule has 6 nitrogen and oxygen atoms in total. The number of aromatic amines is 1. The Morgan fingerprint density at radius 2 is 1.80 bits per heavy atom. The van der Waals surface area contributed by atoms with Crippen LogP contribution in [0.5, 0.6) is 17.2 Å². The van der Waals surface area contributed by atoms with E-state index >= 15 is 0 Å². The number of esters is 1. The Morgan fingerprint density at radius 1 is 1.16 bits per heavy atom. The quantitative estimate of drug-likeness (QED) is 0.610. The topological polar surface area (TPSA) is 69.8 Å². The number of benzene rings is 1. The third-order valence-electron chi connectivity index (χ3n) is 3.28. The lowest BCUT2D eigenvalue weighted by molar-refractivity contribution is -0.135. The molecule has 0 fully saturated rings. The summed E-state index contributed by atoms with van der Waals surface area (Å²) >= 11 is 6.55. The molecular formula is C17H19NO5S2. The van der Waals surface area contributed by atoms with Gasteiger partial charge in [0.25, 0.3) is 0 Å². The van der Waals surface area contributed by atoms with Crippen LogP contribution in [0, 0.1) is 3.95 Å². The number of thiazole rings is 1. The minimum atomic E-state index is -0.430. The van der Waals surface area contributed by atoms with E-state index in [-0.39, 0.29) is 0 Å². The molecule has 0 aliphatic carbocycles. The zero-order valence-corrected chi connectivity index (χ0v) is 16.0. The van der Waals surface area contributed by atoms with Gasteiger partial charge in [-0.05, 0) is 31.3 Å². The molecule has 0 aliphatic rings. The highest BCUT2D eigenvalue weighted by atomic mass is 32.1. The first-order valence-corrected chi connectivity index (χ1v) is 8.64. The van der Waals surface area contributed by atoms with Crippen LogP contribution in [0.15, 0.2) is 12.1 Å². The van der Waals surface area contributed by atoms with Gasteiger partial charge in [-0.3, -0.25) is 0 Å². The second-order valence-corrected chi connectivity index (χ2v) is 6.50. The van der Waals surface area contributed by atoms with Crippen molar-refractivity contribution in [1.82, 2.24) is 4.98 Å². The molecular weight excluding hydrogens is 362 g/mol. The number of rotatable bonds is 6. The summed E-state index contributed by atoms with van der Waals surface area (Å²) in [5.74, 6) is 1.32. The predicted octanol–water partition coefficient (Wildman–Crippen LogP) is 2.00. The lowest BCUT2D eigenvalue weighted by Gasteiger charge is -2.11. The number of H-pyrrole nitrogens is 1. The standard InChI is InChI=1S/C17H19NO5S2/c1-5-23-16(19)8-11-15(25-17(24)18-11)7-10-6-13(21-3)14(22-4)9-12(10)20-2/h6-9H,5H2,1-4H3,(H,18,24)/b11-8-,15-7-. The number of ether oxygens (including phenoxy) is 4. The summed E-state index contributed by atoms with van der Waals surface area (Å²) in [6.07, 6.45) is 3.25. The van der Waals surface area contributed by atoms with Gasteiger partial charge in [-0.15, -0.1) is 11.3 Å². The molecule has 1 N–H and O–H groups in total. The predicted molar refractivity (Wildman–Crippen MR) is 99.5 cm³/mol. The highest BCUT2D eigenvalue weighted by Gasteiger charge is 2.10. The Kier molecular flexibility index (Phi) is 6.60. The Morgan fingerprint density at radius 3 is 2.40 bits per heavy atom. The van der Waals surface area contributed by atoms with Gasteiger partial charge in [0.1, 0.15) is 5.75 Å². The fourth-order valence-electron chi connectivity index (χ4n) is 2.17. The fraction of sp³-hybridized carbons (Fsp3) is 0.294. The summed E-state index contributed by atoms with van der Waals surface area (Å²) < 4.78 is 22.3. The van der Waals surface area contributed by atoms with Crippen molar-refractivity contribution < 1.29 is 23.7 Å². The van der Waals surface area contributed by atoms with Crippen molar-refractivity contribution in [2.45, 2.75) is 6.92 Å². The van der Waals surface area contributed by atoms with Gasteiger partial charge in [-0.1, -0.05) is 0 Å². The van der Waals surface area contributed by atoms with Crippen LogP contribution in [0.1, 0.15) is 12.5 Å². The lowest BCUT2D eigenvalue weighted by atomic mass is 10.1. The van der Waals surface area contributed by atoms with E-state index in [2.05, 4.69) is 4.98 Å². The van der Waals surface area contributed by atoms with Crippen molar-refractivity contribution in [3.8, 4) is 17.2 Å². The van der Waals surface area contributed by atoms with Gasteiger partial charge < -0.3 is 23.9 Å². The van der Waals surface area contributed by atoms with Crippen molar-refractivity contribution in [1.29, 1.82) is 0 Å². The Balaban J connectivity index is 2.65. The molecule has 0 bridgehead atoms. The first-order valence-electron chi connectivity index (χ1n) is 7.41. The number of nitrogens with one attached hydrogen (secondary N) is 1. The first kappa shape index (κ1) is 19.0. The molecule has 2 rings (SSSR count). The Bertz CT molecular complexity index is 929. The van der Waals surface area contributed by atoms with E-state index in [4.69, 9.17) is 31.2 Å². The van der Waals surface area contributed by atoms with Crippen LogP contribution in [0.2, 0.25) is 0 Å². The Hall–Kier alpha value is -2.32. The Labute approximate surface area is 154 Å². The number of aromatic nitrogens is 1. The van der Waals surface area contributed by atoms with E-state index in [0.717, 1.165) is 10.1 Å². The van der Waals surface area contributed by atoms with Crippen LogP contribution in [0.4, 0.5) is 0 Å². The fourth-order valence-corrected chi connectivity index (χ4v) is 3.32. The number of hydrogen-bond donors (Lipinski definition) is 1. The molecule has 0 radical (unpaired) electrons. The zero-order chi connectivity index (χ0) is 18.4. The molecule has 0 saturated carbocycles. The van der Waals surface area contributed by atoms with Crippen LogP contribution in [-0.4, -0.2) is 38.9 Å². The normalized spacial score (nSPS) is 12.2. The first-order chi connectivity index (χ1) is 12.0. The highest BCUT2D eigenvalue weighted by molar-refractivity contribution is 7.73. The van der Waals surface area contributed by atoms with Crippen LogP contribution in [0.25, 0.3) is 12.2 Å². The second-order valence-electron chi connectivity index (χ2n) is 4.78. The molecule has 0 saturated heterocycles. The summed E-state index contributed by atoms with van der Waals surface area (Å²) in [5.41, 5.74) is 0.768. The number of carbonyl (C=O) groups excluding carboxylic acids is 1. The molecule has 0 aliphatic heterocycles. The summed E-state index contributed by atoms with van der Waals surface area (Å²) in [5, 5.41) is 0.588. The van der Waals surface area contributed by atoms with E-state index in [9.17, 15) is 4.79 Å². The summed E-state index contributed by atoms with van der Waals surface area (Å²) in [4.78, 5) is 14.7. The molecule has 25 heavy (non-hydrogen) atoms. The van der Waals surface area contributed by atoms with Crippen LogP contribution in [0.3, 0.4) is 0 Å². The number of carbonyl (C=O) groups is 1. The monoisotopic (exact) mass is 381 g/mol. The van der Waals surface area contributed by atoms with Gasteiger partial charge in [-0.25, -0.2) is 4.79 Å². The summed E-state index contributed by atoms with van der Waals surface area (Å²) in [7, 11) is 4.70. The maximum Gasteiger partial charge on any atom is 0.332 e. The van der Waals surface area contributed by atoms with Gasteiger partial charge in [0.15, 0.2) is 15.5 Å². The molecule has 134 valence electrons. The van der Waals surface area contributed by atoms with Gasteiger partial charge in [0, 0.05) is 17.7 Å². The summed E-state index contributed by atoms with van der Waals surface area (Å²) in [6, 6.07) is 3.54. The van der Waals surface area contributed by atoms with Crippen LogP contribution < -0.4 is 24.1 Å². The lowest BCUT2D eigenvalue weighted by Crippen LogP contribution is -2.23. The van der Waals surface area contributed by atoms with Crippen molar-refractivity contribution in [2.75, 3.05) is 27.9 Å². The van der Waals surface area contributed by atoms with Gasteiger partial charge in [0.2, 0.25) is 0 Å². The minimum absolute atomic E-state index is 0.308. The maximum absolute atomic E-state index is 11.7. The average Bonchev–Trinajstić information content (AvgIpc) is 2.93. The number of methoxy groups -OCH3 is 3. The second kappa shape index (κ2) is 8.68. The van der Waals surface area contributed by atoms with Gasteiger partial charge in [0.05, 0.1) is 37.8 Å². The van der Waals surface area contributed by atoms with E-state index in [1.807, 2.05) is 6.08 Å². The smallest absolute Gasteiger partial charge is 0.332 e. The minimum Gasteiger partial charge on any atom is -0.496 e. The third-order valence-corrected chi connectivity index (χ3v) is 4.47. The van der Waals surface area contributed by atoms with E-state index in [1.54, 1.807) is 40.4 Å².